The van der Waals surface area contributed by atoms with Crippen molar-refractivity contribution in [3.8, 4) is 0 Å². The Morgan fingerprint density at radius 3 is 2.68 bits per heavy atom. The van der Waals surface area contributed by atoms with Crippen molar-refractivity contribution in [3.63, 3.8) is 0 Å². The molecule has 0 saturated carbocycles. The van der Waals surface area contributed by atoms with Crippen LogP contribution >= 0.6 is 11.8 Å². The molecule has 0 atom stereocenters. The zero-order valence-electron chi connectivity index (χ0n) is 18.8. The third-order valence-electron chi connectivity index (χ3n) is 6.12. The maximum Gasteiger partial charge on any atom is 0.0715 e. The SMILES string of the molecule is Cc1ccc2c(SCCCCCCCc3cccc(N4CCNCC4)c3)ccnc2c1. The Morgan fingerprint density at radius 2 is 1.77 bits per heavy atom. The van der Waals surface area contributed by atoms with Gasteiger partial charge in [-0.25, -0.2) is 0 Å². The van der Waals surface area contributed by atoms with Gasteiger partial charge in [0.2, 0.25) is 0 Å². The fraction of sp³-hybridized carbons (Fsp3) is 0.444. The van der Waals surface area contributed by atoms with Gasteiger partial charge in [-0.05, 0) is 67.3 Å². The largest absolute Gasteiger partial charge is 0.369 e. The predicted molar refractivity (Wildman–Crippen MR) is 136 cm³/mol. The fourth-order valence-corrected chi connectivity index (χ4v) is 5.39. The molecule has 1 aromatic heterocycles. The van der Waals surface area contributed by atoms with Crippen LogP contribution in [0, 0.1) is 6.92 Å². The number of unbranched alkanes of at least 4 members (excludes halogenated alkanes) is 4. The number of fused-ring (bicyclic) bond motifs is 1. The second-order valence-corrected chi connectivity index (χ2v) is 9.74. The third kappa shape index (κ3) is 6.47. The van der Waals surface area contributed by atoms with Gasteiger partial charge in [-0.15, -0.1) is 11.8 Å². The van der Waals surface area contributed by atoms with Gasteiger partial charge in [-0.1, -0.05) is 43.5 Å². The van der Waals surface area contributed by atoms with Gasteiger partial charge in [-0.3, -0.25) is 4.98 Å². The number of nitrogens with one attached hydrogen (secondary N) is 1. The third-order valence-corrected chi connectivity index (χ3v) is 7.28. The van der Waals surface area contributed by atoms with Gasteiger partial charge in [0, 0.05) is 48.3 Å². The first-order chi connectivity index (χ1) is 15.3. The van der Waals surface area contributed by atoms with Crippen molar-refractivity contribution in [3.05, 3.63) is 65.9 Å². The lowest BCUT2D eigenvalue weighted by Crippen LogP contribution is -2.43. The molecule has 3 nitrogen and oxygen atoms in total. The summed E-state index contributed by atoms with van der Waals surface area (Å²) in [6, 6.07) is 17.9. The number of anilines is 1. The molecule has 1 N–H and O–H groups in total. The number of rotatable bonds is 10. The van der Waals surface area contributed by atoms with E-state index in [9.17, 15) is 0 Å². The van der Waals surface area contributed by atoms with Crippen LogP contribution in [0.3, 0.4) is 0 Å². The maximum absolute atomic E-state index is 4.52. The van der Waals surface area contributed by atoms with Crippen molar-refractivity contribution in [2.45, 2.75) is 50.3 Å². The van der Waals surface area contributed by atoms with Gasteiger partial charge in [0.1, 0.15) is 0 Å². The van der Waals surface area contributed by atoms with E-state index in [1.54, 1.807) is 0 Å². The summed E-state index contributed by atoms with van der Waals surface area (Å²) in [7, 11) is 0. The predicted octanol–water partition coefficient (Wildman–Crippen LogP) is 6.24. The van der Waals surface area contributed by atoms with Crippen LogP contribution in [0.2, 0.25) is 0 Å². The molecule has 2 heterocycles. The standard InChI is InChI=1S/C27H35N3S/c1-22-11-12-25-26(20-22)29-14-13-27(25)31-19-6-4-2-3-5-8-23-9-7-10-24(21-23)30-17-15-28-16-18-30/h7,9-14,20-21,28H,2-6,8,15-19H2,1H3. The molecule has 0 amide bonds. The summed E-state index contributed by atoms with van der Waals surface area (Å²) < 4.78 is 0. The van der Waals surface area contributed by atoms with E-state index >= 15 is 0 Å². The quantitative estimate of drug-likeness (QED) is 0.303. The Labute approximate surface area is 191 Å². The van der Waals surface area contributed by atoms with Crippen LogP contribution in [0.4, 0.5) is 5.69 Å². The molecule has 0 aliphatic carbocycles. The number of hydrogen-bond acceptors (Lipinski definition) is 4. The normalized spacial score (nSPS) is 14.3. The lowest BCUT2D eigenvalue weighted by molar-refractivity contribution is 0.589. The first-order valence-electron chi connectivity index (χ1n) is 11.8. The molecule has 0 unspecified atom stereocenters. The molecular weight excluding hydrogens is 398 g/mol. The van der Waals surface area contributed by atoms with E-state index < -0.39 is 0 Å². The van der Waals surface area contributed by atoms with E-state index in [-0.39, 0.29) is 0 Å². The fourth-order valence-electron chi connectivity index (χ4n) is 4.33. The van der Waals surface area contributed by atoms with Gasteiger partial charge in [0.25, 0.3) is 0 Å². The van der Waals surface area contributed by atoms with Gasteiger partial charge >= 0.3 is 0 Å². The first-order valence-corrected chi connectivity index (χ1v) is 12.8. The Morgan fingerprint density at radius 1 is 0.935 bits per heavy atom. The second-order valence-electron chi connectivity index (χ2n) is 8.60. The van der Waals surface area contributed by atoms with Crippen LogP contribution < -0.4 is 10.2 Å². The molecule has 2 aromatic carbocycles. The highest BCUT2D eigenvalue weighted by molar-refractivity contribution is 7.99. The lowest BCUT2D eigenvalue weighted by atomic mass is 10.0. The van der Waals surface area contributed by atoms with E-state index in [1.165, 1.54) is 71.4 Å². The molecule has 4 heteroatoms. The van der Waals surface area contributed by atoms with E-state index in [0.717, 1.165) is 31.7 Å². The van der Waals surface area contributed by atoms with Gasteiger partial charge in [0.15, 0.2) is 0 Å². The lowest BCUT2D eigenvalue weighted by Gasteiger charge is -2.29. The first kappa shape index (κ1) is 22.2. The minimum absolute atomic E-state index is 1.10. The summed E-state index contributed by atoms with van der Waals surface area (Å²) in [5.74, 6) is 1.19. The second kappa shape index (κ2) is 11.5. The number of thioether (sulfide) groups is 1. The number of benzene rings is 2. The highest BCUT2D eigenvalue weighted by Crippen LogP contribution is 2.28. The molecule has 0 bridgehead atoms. The summed E-state index contributed by atoms with van der Waals surface area (Å²) in [5, 5.41) is 4.73. The number of aryl methyl sites for hydroxylation is 2. The van der Waals surface area contributed by atoms with Crippen molar-refractivity contribution in [2.24, 2.45) is 0 Å². The van der Waals surface area contributed by atoms with Crippen molar-refractivity contribution in [1.82, 2.24) is 10.3 Å². The molecule has 1 fully saturated rings. The average molecular weight is 434 g/mol. The summed E-state index contributed by atoms with van der Waals surface area (Å²) in [6.45, 7) is 6.57. The Hall–Kier alpha value is -2.04. The highest BCUT2D eigenvalue weighted by atomic mass is 32.2. The zero-order valence-corrected chi connectivity index (χ0v) is 19.6. The van der Waals surface area contributed by atoms with Crippen LogP contribution in [0.25, 0.3) is 10.9 Å². The number of nitrogens with zero attached hydrogens (tertiary/aromatic N) is 2. The summed E-state index contributed by atoms with van der Waals surface area (Å²) in [6.07, 6.45) is 9.74. The van der Waals surface area contributed by atoms with Crippen molar-refractivity contribution in [1.29, 1.82) is 0 Å². The summed E-state index contributed by atoms with van der Waals surface area (Å²) in [5.41, 5.74) is 5.28. The minimum Gasteiger partial charge on any atom is -0.369 e. The van der Waals surface area contributed by atoms with Crippen molar-refractivity contribution >= 4 is 28.4 Å². The topological polar surface area (TPSA) is 28.2 Å². The van der Waals surface area contributed by atoms with E-state index in [2.05, 4.69) is 70.7 Å². The van der Waals surface area contributed by atoms with Crippen LogP contribution in [-0.2, 0) is 6.42 Å². The van der Waals surface area contributed by atoms with Crippen molar-refractivity contribution < 1.29 is 0 Å². The average Bonchev–Trinajstić information content (AvgIpc) is 2.81. The number of aromatic nitrogens is 1. The smallest absolute Gasteiger partial charge is 0.0715 e. The number of pyridine rings is 1. The molecule has 0 spiro atoms. The molecule has 31 heavy (non-hydrogen) atoms. The highest BCUT2D eigenvalue weighted by Gasteiger charge is 2.10. The number of piperazine rings is 1. The van der Waals surface area contributed by atoms with E-state index in [4.69, 9.17) is 0 Å². The molecule has 164 valence electrons. The van der Waals surface area contributed by atoms with Gasteiger partial charge in [0.05, 0.1) is 5.52 Å². The molecular formula is C27H35N3S. The molecule has 4 rings (SSSR count). The van der Waals surface area contributed by atoms with Crippen LogP contribution in [0.1, 0.15) is 43.2 Å². The molecule has 0 radical (unpaired) electrons. The van der Waals surface area contributed by atoms with E-state index in [1.807, 2.05) is 18.0 Å². The zero-order chi connectivity index (χ0) is 21.3. The van der Waals surface area contributed by atoms with Crippen molar-refractivity contribution in [2.75, 3.05) is 36.8 Å². The molecule has 1 saturated heterocycles. The van der Waals surface area contributed by atoms with Crippen LogP contribution in [-0.4, -0.2) is 36.9 Å². The van der Waals surface area contributed by atoms with Crippen LogP contribution in [0.5, 0.6) is 0 Å². The molecule has 1 aliphatic heterocycles. The molecule has 3 aromatic rings. The van der Waals surface area contributed by atoms with Gasteiger partial charge < -0.3 is 10.2 Å². The number of hydrogen-bond donors (Lipinski definition) is 1. The monoisotopic (exact) mass is 433 g/mol. The maximum atomic E-state index is 4.52. The van der Waals surface area contributed by atoms with Gasteiger partial charge in [-0.2, -0.15) is 0 Å². The summed E-state index contributed by atoms with van der Waals surface area (Å²) in [4.78, 5) is 8.39. The Kier molecular flexibility index (Phi) is 8.25. The van der Waals surface area contributed by atoms with E-state index in [0.29, 0.717) is 0 Å². The Bertz CT molecular complexity index is 966. The van der Waals surface area contributed by atoms with Crippen LogP contribution in [0.15, 0.2) is 59.6 Å². The summed E-state index contributed by atoms with van der Waals surface area (Å²) >= 11 is 1.98. The minimum atomic E-state index is 1.10. The Balaban J connectivity index is 1.13. The molecule has 1 aliphatic rings.